The first-order chi connectivity index (χ1) is 12.0. The first-order valence-electron chi connectivity index (χ1n) is 7.80. The quantitative estimate of drug-likeness (QED) is 0.681. The largest absolute Gasteiger partial charge is 0.481 e. The van der Waals surface area contributed by atoms with E-state index in [1.807, 2.05) is 30.3 Å². The van der Waals surface area contributed by atoms with Gasteiger partial charge >= 0.3 is 5.97 Å². The maximum Gasteiger partial charge on any atom is 0.308 e. The van der Waals surface area contributed by atoms with Gasteiger partial charge in [0.15, 0.2) is 0 Å². The van der Waals surface area contributed by atoms with Gasteiger partial charge in [0.2, 0.25) is 0 Å². The number of carboxylic acids is 1. The molecule has 0 spiro atoms. The highest BCUT2D eigenvalue weighted by atomic mass is 16.6. The molecule has 0 aromatic heterocycles. The summed E-state index contributed by atoms with van der Waals surface area (Å²) in [6.07, 6.45) is 0.345. The Morgan fingerprint density at radius 3 is 2.28 bits per heavy atom. The van der Waals surface area contributed by atoms with E-state index < -0.39 is 16.8 Å². The Morgan fingerprint density at radius 1 is 1.08 bits per heavy atom. The third-order valence-corrected chi connectivity index (χ3v) is 4.42. The number of hydrogen-bond acceptors (Lipinski definition) is 4. The lowest BCUT2D eigenvalue weighted by Crippen LogP contribution is -2.32. The van der Waals surface area contributed by atoms with Gasteiger partial charge in [-0.3, -0.25) is 19.7 Å². The van der Waals surface area contributed by atoms with Crippen LogP contribution in [0.25, 0.3) is 0 Å². The number of carbonyl (C=O) groups excluding carboxylic acids is 1. The van der Waals surface area contributed by atoms with Crippen LogP contribution in [0.15, 0.2) is 54.6 Å². The van der Waals surface area contributed by atoms with Crippen molar-refractivity contribution in [3.63, 3.8) is 0 Å². The van der Waals surface area contributed by atoms with Crippen LogP contribution in [0.5, 0.6) is 0 Å². The Hall–Kier alpha value is -3.22. The molecule has 3 rings (SSSR count). The zero-order chi connectivity index (χ0) is 18.0. The van der Waals surface area contributed by atoms with Crippen molar-refractivity contribution in [2.24, 2.45) is 5.92 Å². The number of nitro benzene ring substituents is 1. The molecule has 0 aliphatic carbocycles. The molecule has 25 heavy (non-hydrogen) atoms. The molecule has 0 unspecified atom stereocenters. The first kappa shape index (κ1) is 16.6. The van der Waals surface area contributed by atoms with Crippen LogP contribution >= 0.6 is 0 Å². The van der Waals surface area contributed by atoms with Crippen molar-refractivity contribution >= 4 is 17.6 Å². The minimum absolute atomic E-state index is 0.0963. The topological polar surface area (TPSA) is 101 Å². The second-order valence-corrected chi connectivity index (χ2v) is 5.96. The van der Waals surface area contributed by atoms with Crippen molar-refractivity contribution < 1.29 is 19.6 Å². The van der Waals surface area contributed by atoms with E-state index in [-0.39, 0.29) is 24.2 Å². The van der Waals surface area contributed by atoms with Gasteiger partial charge in [-0.25, -0.2) is 0 Å². The molecule has 1 saturated heterocycles. The van der Waals surface area contributed by atoms with Crippen molar-refractivity contribution in [1.82, 2.24) is 4.90 Å². The molecule has 1 aliphatic rings. The van der Waals surface area contributed by atoms with E-state index in [1.165, 1.54) is 29.2 Å². The van der Waals surface area contributed by atoms with Crippen LogP contribution in [0.3, 0.4) is 0 Å². The van der Waals surface area contributed by atoms with Gasteiger partial charge < -0.3 is 10.0 Å². The van der Waals surface area contributed by atoms with E-state index in [9.17, 15) is 24.8 Å². The predicted octanol–water partition coefficient (Wildman–Crippen LogP) is 2.88. The van der Waals surface area contributed by atoms with Crippen molar-refractivity contribution in [1.29, 1.82) is 0 Å². The Morgan fingerprint density at radius 2 is 1.72 bits per heavy atom. The van der Waals surface area contributed by atoms with Crippen LogP contribution < -0.4 is 0 Å². The highest BCUT2D eigenvalue weighted by Crippen LogP contribution is 2.36. The van der Waals surface area contributed by atoms with E-state index in [2.05, 4.69) is 0 Å². The molecule has 2 aromatic carbocycles. The Bertz CT molecular complexity index is 804. The molecule has 7 heteroatoms. The van der Waals surface area contributed by atoms with Crippen LogP contribution in [-0.2, 0) is 4.79 Å². The summed E-state index contributed by atoms with van der Waals surface area (Å²) in [5, 5.41) is 20.1. The Balaban J connectivity index is 1.90. The SMILES string of the molecule is O=C(O)[C@@H]1C[C@@H](c2ccccc2)N(C(=O)c2ccc([N+](=O)[O-])cc2)C1. The molecule has 2 atom stereocenters. The molecule has 2 aromatic rings. The number of carbonyl (C=O) groups is 2. The van der Waals surface area contributed by atoms with Gasteiger partial charge in [0.25, 0.3) is 11.6 Å². The summed E-state index contributed by atoms with van der Waals surface area (Å²) in [7, 11) is 0. The van der Waals surface area contributed by atoms with Crippen molar-refractivity contribution in [2.75, 3.05) is 6.54 Å². The minimum atomic E-state index is -0.931. The van der Waals surface area contributed by atoms with Gasteiger partial charge in [0.1, 0.15) is 0 Å². The zero-order valence-corrected chi connectivity index (χ0v) is 13.2. The average molecular weight is 340 g/mol. The fourth-order valence-corrected chi connectivity index (χ4v) is 3.12. The molecule has 1 aliphatic heterocycles. The van der Waals surface area contributed by atoms with Crippen molar-refractivity contribution in [3.8, 4) is 0 Å². The van der Waals surface area contributed by atoms with E-state index in [1.54, 1.807) is 0 Å². The third kappa shape index (κ3) is 3.35. The van der Waals surface area contributed by atoms with Crippen LogP contribution in [0.4, 0.5) is 5.69 Å². The molecule has 1 fully saturated rings. The minimum Gasteiger partial charge on any atom is -0.481 e. The van der Waals surface area contributed by atoms with Crippen LogP contribution in [0, 0.1) is 16.0 Å². The fraction of sp³-hybridized carbons (Fsp3) is 0.222. The normalized spacial score (nSPS) is 19.6. The molecule has 128 valence electrons. The second-order valence-electron chi connectivity index (χ2n) is 5.96. The molecular weight excluding hydrogens is 324 g/mol. The summed E-state index contributed by atoms with van der Waals surface area (Å²) >= 11 is 0. The summed E-state index contributed by atoms with van der Waals surface area (Å²) in [6.45, 7) is 0.116. The summed E-state index contributed by atoms with van der Waals surface area (Å²) in [5.41, 5.74) is 1.08. The van der Waals surface area contributed by atoms with Gasteiger partial charge in [-0.05, 0) is 24.1 Å². The van der Waals surface area contributed by atoms with Gasteiger partial charge in [0.05, 0.1) is 16.9 Å². The van der Waals surface area contributed by atoms with E-state index in [4.69, 9.17) is 0 Å². The van der Waals surface area contributed by atoms with Crippen molar-refractivity contribution in [3.05, 3.63) is 75.8 Å². The van der Waals surface area contributed by atoms with Gasteiger partial charge in [-0.1, -0.05) is 30.3 Å². The molecule has 0 radical (unpaired) electrons. The molecule has 0 bridgehead atoms. The number of nitrogens with zero attached hydrogens (tertiary/aromatic N) is 2. The predicted molar refractivity (Wildman–Crippen MR) is 89.1 cm³/mol. The first-order valence-corrected chi connectivity index (χ1v) is 7.80. The highest BCUT2D eigenvalue weighted by Gasteiger charge is 2.39. The number of hydrogen-bond donors (Lipinski definition) is 1. The lowest BCUT2D eigenvalue weighted by Gasteiger charge is -2.25. The molecular formula is C18H16N2O5. The number of carboxylic acid groups (broad SMARTS) is 1. The highest BCUT2D eigenvalue weighted by molar-refractivity contribution is 5.95. The van der Waals surface area contributed by atoms with Crippen LogP contribution in [-0.4, -0.2) is 33.4 Å². The van der Waals surface area contributed by atoms with Gasteiger partial charge in [-0.15, -0.1) is 0 Å². The molecule has 1 N–H and O–H groups in total. The summed E-state index contributed by atoms with van der Waals surface area (Å²) < 4.78 is 0. The van der Waals surface area contributed by atoms with E-state index in [0.717, 1.165) is 5.56 Å². The monoisotopic (exact) mass is 340 g/mol. The number of likely N-dealkylation sites (tertiary alicyclic amines) is 1. The number of amides is 1. The molecule has 1 heterocycles. The zero-order valence-electron chi connectivity index (χ0n) is 13.2. The van der Waals surface area contributed by atoms with Gasteiger partial charge in [0, 0.05) is 24.2 Å². The number of aliphatic carboxylic acids is 1. The smallest absolute Gasteiger partial charge is 0.308 e. The summed E-state index contributed by atoms with van der Waals surface area (Å²) in [4.78, 5) is 36.0. The lowest BCUT2D eigenvalue weighted by atomic mass is 10.00. The van der Waals surface area contributed by atoms with Crippen molar-refractivity contribution in [2.45, 2.75) is 12.5 Å². The van der Waals surface area contributed by atoms with Crippen LogP contribution in [0.2, 0.25) is 0 Å². The standard InChI is InChI=1S/C18H16N2O5/c21-17(13-6-8-15(9-7-13)20(24)25)19-11-14(18(22)23)10-16(19)12-4-2-1-3-5-12/h1-9,14,16H,10-11H2,(H,22,23)/t14-,16+/m1/s1. The molecule has 1 amide bonds. The number of rotatable bonds is 4. The average Bonchev–Trinajstić information content (AvgIpc) is 3.07. The molecule has 7 nitrogen and oxygen atoms in total. The maximum atomic E-state index is 12.8. The summed E-state index contributed by atoms with van der Waals surface area (Å²) in [6, 6.07) is 14.3. The summed E-state index contributed by atoms with van der Waals surface area (Å²) in [5.74, 6) is -1.89. The lowest BCUT2D eigenvalue weighted by molar-refractivity contribution is -0.384. The Labute approximate surface area is 143 Å². The second kappa shape index (κ2) is 6.72. The third-order valence-electron chi connectivity index (χ3n) is 4.42. The van der Waals surface area contributed by atoms with E-state index >= 15 is 0 Å². The maximum absolute atomic E-state index is 12.8. The number of non-ortho nitro benzene ring substituents is 1. The number of nitro groups is 1. The van der Waals surface area contributed by atoms with E-state index in [0.29, 0.717) is 12.0 Å². The van der Waals surface area contributed by atoms with Crippen LogP contribution in [0.1, 0.15) is 28.4 Å². The fourth-order valence-electron chi connectivity index (χ4n) is 3.12. The number of benzene rings is 2. The Kier molecular flexibility index (Phi) is 4.47. The molecule has 0 saturated carbocycles. The van der Waals surface area contributed by atoms with Gasteiger partial charge in [-0.2, -0.15) is 0 Å².